The Morgan fingerprint density at radius 1 is 1.37 bits per heavy atom. The minimum atomic E-state index is -0.949. The van der Waals surface area contributed by atoms with Gasteiger partial charge in [-0.05, 0) is 35.3 Å². The molecule has 106 valence electrons. The van der Waals surface area contributed by atoms with Crippen LogP contribution >= 0.6 is 0 Å². The molecule has 0 amide bonds. The van der Waals surface area contributed by atoms with Crippen molar-refractivity contribution >= 4 is 5.78 Å². The first kappa shape index (κ1) is 13.3. The quantitative estimate of drug-likeness (QED) is 0.646. The van der Waals surface area contributed by atoms with E-state index in [1.54, 1.807) is 0 Å². The van der Waals surface area contributed by atoms with Gasteiger partial charge in [0.25, 0.3) is 0 Å². The lowest BCUT2D eigenvalue weighted by Gasteiger charge is -2.48. The second-order valence-corrected chi connectivity index (χ2v) is 7.05. The van der Waals surface area contributed by atoms with Crippen molar-refractivity contribution in [1.82, 2.24) is 0 Å². The van der Waals surface area contributed by atoms with Crippen molar-refractivity contribution in [3.63, 3.8) is 0 Å². The molecule has 0 unspecified atom stereocenters. The third-order valence-corrected chi connectivity index (χ3v) is 6.16. The summed E-state index contributed by atoms with van der Waals surface area (Å²) < 4.78 is 0. The SMILES string of the molecule is C[C@H]1C[C@H](O)[C@@H](O)C2=CC(=O)[C@H]3[C@H]([C@]3(C)CO)[C@@]21C. The van der Waals surface area contributed by atoms with Crippen molar-refractivity contribution in [1.29, 1.82) is 0 Å². The number of aliphatic hydroxyl groups excluding tert-OH is 3. The van der Waals surface area contributed by atoms with Crippen LogP contribution in [0, 0.1) is 28.6 Å². The fourth-order valence-electron chi connectivity index (χ4n) is 4.80. The smallest absolute Gasteiger partial charge is 0.159 e. The molecule has 3 rings (SSSR count). The van der Waals surface area contributed by atoms with E-state index in [0.29, 0.717) is 12.0 Å². The van der Waals surface area contributed by atoms with E-state index in [1.807, 2.05) is 6.92 Å². The molecule has 3 N–H and O–H groups in total. The fraction of sp³-hybridized carbons (Fsp3) is 0.800. The zero-order valence-corrected chi connectivity index (χ0v) is 11.6. The highest BCUT2D eigenvalue weighted by atomic mass is 16.3. The number of fused-ring (bicyclic) bond motifs is 3. The van der Waals surface area contributed by atoms with Gasteiger partial charge in [0.05, 0.1) is 6.10 Å². The number of rotatable bonds is 1. The molecule has 2 fully saturated rings. The summed E-state index contributed by atoms with van der Waals surface area (Å²) in [5.74, 6) is 0.131. The van der Waals surface area contributed by atoms with E-state index in [-0.39, 0.29) is 41.0 Å². The van der Waals surface area contributed by atoms with E-state index in [2.05, 4.69) is 13.8 Å². The van der Waals surface area contributed by atoms with Crippen LogP contribution in [0.25, 0.3) is 0 Å². The number of ketones is 1. The summed E-state index contributed by atoms with van der Waals surface area (Å²) in [6, 6.07) is 0. The molecule has 4 heteroatoms. The van der Waals surface area contributed by atoms with Crippen LogP contribution in [0.15, 0.2) is 11.6 Å². The molecule has 0 heterocycles. The van der Waals surface area contributed by atoms with Crippen LogP contribution in [-0.4, -0.2) is 39.9 Å². The topological polar surface area (TPSA) is 77.8 Å². The Bertz CT molecular complexity index is 471. The Hall–Kier alpha value is -0.710. The molecule has 0 bridgehead atoms. The zero-order chi connectivity index (χ0) is 14.2. The highest BCUT2D eigenvalue weighted by molar-refractivity contribution is 5.98. The van der Waals surface area contributed by atoms with Gasteiger partial charge in [0, 0.05) is 17.9 Å². The second kappa shape index (κ2) is 3.68. The van der Waals surface area contributed by atoms with Crippen LogP contribution in [0.1, 0.15) is 27.2 Å². The van der Waals surface area contributed by atoms with E-state index in [9.17, 15) is 20.1 Å². The molecule has 0 saturated heterocycles. The Labute approximate surface area is 113 Å². The molecule has 0 aliphatic heterocycles. The minimum Gasteiger partial charge on any atom is -0.396 e. The van der Waals surface area contributed by atoms with Crippen LogP contribution in [0.4, 0.5) is 0 Å². The lowest BCUT2D eigenvalue weighted by atomic mass is 9.57. The number of allylic oxidation sites excluding steroid dienone is 1. The summed E-state index contributed by atoms with van der Waals surface area (Å²) in [5, 5.41) is 29.8. The largest absolute Gasteiger partial charge is 0.396 e. The Balaban J connectivity index is 2.10. The molecular formula is C15H22O4. The van der Waals surface area contributed by atoms with E-state index in [0.717, 1.165) is 0 Å². The third kappa shape index (κ3) is 1.37. The summed E-state index contributed by atoms with van der Waals surface area (Å²) in [6.45, 7) is 6.08. The number of hydrogen-bond acceptors (Lipinski definition) is 4. The molecule has 0 aromatic carbocycles. The summed E-state index contributed by atoms with van der Waals surface area (Å²) in [6.07, 6.45) is 0.326. The van der Waals surface area contributed by atoms with Crippen molar-refractivity contribution in [2.24, 2.45) is 28.6 Å². The minimum absolute atomic E-state index is 0.00382. The molecule has 4 nitrogen and oxygen atoms in total. The lowest BCUT2D eigenvalue weighted by Crippen LogP contribution is -2.49. The lowest BCUT2D eigenvalue weighted by molar-refractivity contribution is -0.118. The molecule has 2 saturated carbocycles. The van der Waals surface area contributed by atoms with Gasteiger partial charge < -0.3 is 15.3 Å². The van der Waals surface area contributed by atoms with E-state index >= 15 is 0 Å². The van der Waals surface area contributed by atoms with Gasteiger partial charge in [0.1, 0.15) is 6.10 Å². The molecule has 0 spiro atoms. The van der Waals surface area contributed by atoms with Crippen molar-refractivity contribution in [3.05, 3.63) is 11.6 Å². The summed E-state index contributed by atoms with van der Waals surface area (Å²) >= 11 is 0. The highest BCUT2D eigenvalue weighted by Gasteiger charge is 2.74. The maximum Gasteiger partial charge on any atom is 0.159 e. The highest BCUT2D eigenvalue weighted by Crippen LogP contribution is 2.73. The van der Waals surface area contributed by atoms with Gasteiger partial charge in [-0.1, -0.05) is 20.8 Å². The maximum atomic E-state index is 12.2. The van der Waals surface area contributed by atoms with Crippen molar-refractivity contribution in [2.45, 2.75) is 39.4 Å². The van der Waals surface area contributed by atoms with Gasteiger partial charge in [-0.15, -0.1) is 0 Å². The summed E-state index contributed by atoms with van der Waals surface area (Å²) in [7, 11) is 0. The van der Waals surface area contributed by atoms with Crippen molar-refractivity contribution in [3.8, 4) is 0 Å². The third-order valence-electron chi connectivity index (χ3n) is 6.16. The number of carbonyl (C=O) groups excluding carboxylic acids is 1. The standard InChI is InChI=1S/C15H22O4/c1-7-4-10(18)12(19)8-5-9(17)11-13(15(7,8)3)14(11,2)6-16/h5,7,10-13,16,18-19H,4,6H2,1-3H3/t7-,10-,11-,12-,13+,14+,15+/m0/s1. The van der Waals surface area contributed by atoms with Crippen LogP contribution in [0.3, 0.4) is 0 Å². The van der Waals surface area contributed by atoms with Crippen LogP contribution in [0.5, 0.6) is 0 Å². The number of carbonyl (C=O) groups is 1. The Kier molecular flexibility index (Phi) is 2.58. The predicted molar refractivity (Wildman–Crippen MR) is 69.2 cm³/mol. The normalized spacial score (nSPS) is 56.2. The van der Waals surface area contributed by atoms with Crippen molar-refractivity contribution < 1.29 is 20.1 Å². The van der Waals surface area contributed by atoms with Gasteiger partial charge in [-0.25, -0.2) is 0 Å². The maximum absolute atomic E-state index is 12.2. The van der Waals surface area contributed by atoms with Crippen LogP contribution in [-0.2, 0) is 4.79 Å². The Morgan fingerprint density at radius 2 is 2.00 bits per heavy atom. The Morgan fingerprint density at radius 3 is 2.58 bits per heavy atom. The average molecular weight is 266 g/mol. The average Bonchev–Trinajstić information content (AvgIpc) is 3.00. The zero-order valence-electron chi connectivity index (χ0n) is 11.6. The van der Waals surface area contributed by atoms with E-state index in [1.165, 1.54) is 6.08 Å². The number of aliphatic hydroxyl groups is 3. The van der Waals surface area contributed by atoms with Gasteiger partial charge in [-0.3, -0.25) is 4.79 Å². The molecule has 0 aromatic rings. The predicted octanol–water partition coefficient (Wildman–Crippen LogP) is 0.508. The first-order chi connectivity index (χ1) is 8.78. The van der Waals surface area contributed by atoms with Gasteiger partial charge in [0.15, 0.2) is 5.78 Å². The fourth-order valence-corrected chi connectivity index (χ4v) is 4.80. The van der Waals surface area contributed by atoms with Gasteiger partial charge in [-0.2, -0.15) is 0 Å². The monoisotopic (exact) mass is 266 g/mol. The summed E-state index contributed by atoms with van der Waals surface area (Å²) in [5.41, 5.74) is -0.00289. The molecular weight excluding hydrogens is 244 g/mol. The first-order valence-electron chi connectivity index (χ1n) is 7.01. The molecule has 3 aliphatic carbocycles. The van der Waals surface area contributed by atoms with Crippen LogP contribution < -0.4 is 0 Å². The van der Waals surface area contributed by atoms with Gasteiger partial charge >= 0.3 is 0 Å². The van der Waals surface area contributed by atoms with Crippen LogP contribution in [0.2, 0.25) is 0 Å². The molecule has 0 radical (unpaired) electrons. The molecule has 3 aliphatic rings. The molecule has 7 atom stereocenters. The number of hydrogen-bond donors (Lipinski definition) is 3. The van der Waals surface area contributed by atoms with E-state index in [4.69, 9.17) is 0 Å². The van der Waals surface area contributed by atoms with Crippen molar-refractivity contribution in [2.75, 3.05) is 6.61 Å². The van der Waals surface area contributed by atoms with Gasteiger partial charge in [0.2, 0.25) is 0 Å². The second-order valence-electron chi connectivity index (χ2n) is 7.05. The first-order valence-corrected chi connectivity index (χ1v) is 7.01. The molecule has 19 heavy (non-hydrogen) atoms. The van der Waals surface area contributed by atoms with E-state index < -0.39 is 12.2 Å². The molecule has 0 aromatic heterocycles. The summed E-state index contributed by atoms with van der Waals surface area (Å²) in [4.78, 5) is 12.2.